The summed E-state index contributed by atoms with van der Waals surface area (Å²) in [6.45, 7) is 4.64. The Morgan fingerprint density at radius 1 is 1.03 bits per heavy atom. The van der Waals surface area contributed by atoms with E-state index in [0.29, 0.717) is 40.8 Å². The van der Waals surface area contributed by atoms with E-state index in [1.807, 2.05) is 30.5 Å². The van der Waals surface area contributed by atoms with E-state index in [-0.39, 0.29) is 17.0 Å². The number of aliphatic hydroxyl groups is 1. The minimum atomic E-state index is -3.73. The van der Waals surface area contributed by atoms with Crippen molar-refractivity contribution in [2.45, 2.75) is 63.1 Å². The molecule has 1 aliphatic rings. The Morgan fingerprint density at radius 2 is 1.78 bits per heavy atom. The van der Waals surface area contributed by atoms with Crippen molar-refractivity contribution < 1.29 is 13.5 Å². The van der Waals surface area contributed by atoms with E-state index in [9.17, 15) is 13.5 Å². The number of nitrogens with one attached hydrogen (secondary N) is 3. The molecule has 0 saturated heterocycles. The van der Waals surface area contributed by atoms with Crippen molar-refractivity contribution in [3.05, 3.63) is 60.4 Å². The van der Waals surface area contributed by atoms with Crippen molar-refractivity contribution in [2.24, 2.45) is 0 Å². The predicted molar refractivity (Wildman–Crippen MR) is 145 cm³/mol. The monoisotopic (exact) mass is 521 g/mol. The number of anilines is 4. The summed E-state index contributed by atoms with van der Waals surface area (Å²) in [6.07, 6.45) is 4.71. The highest BCUT2D eigenvalue weighted by molar-refractivity contribution is 7.92. The summed E-state index contributed by atoms with van der Waals surface area (Å²) < 4.78 is 30.3. The smallest absolute Gasteiger partial charge is 0.261 e. The molecule has 194 valence electrons. The Balaban J connectivity index is 1.38. The van der Waals surface area contributed by atoms with Crippen LogP contribution >= 0.6 is 0 Å². The van der Waals surface area contributed by atoms with Gasteiger partial charge in [-0.05, 0) is 81.5 Å². The van der Waals surface area contributed by atoms with E-state index in [4.69, 9.17) is 4.98 Å². The second-order valence-electron chi connectivity index (χ2n) is 9.37. The number of aromatic nitrogens is 4. The number of fused-ring (bicyclic) bond motifs is 1. The Labute approximate surface area is 216 Å². The maximum Gasteiger partial charge on any atom is 0.261 e. The molecule has 10 nitrogen and oxygen atoms in total. The van der Waals surface area contributed by atoms with Gasteiger partial charge in [-0.25, -0.2) is 13.4 Å². The van der Waals surface area contributed by atoms with Crippen LogP contribution in [0.15, 0.2) is 59.8 Å². The van der Waals surface area contributed by atoms with E-state index >= 15 is 0 Å². The van der Waals surface area contributed by atoms with Crippen LogP contribution in [0.5, 0.6) is 0 Å². The van der Waals surface area contributed by atoms with Crippen molar-refractivity contribution in [1.82, 2.24) is 19.5 Å². The molecule has 11 heteroatoms. The maximum atomic E-state index is 12.9. The molecule has 0 spiro atoms. The molecule has 37 heavy (non-hydrogen) atoms. The van der Waals surface area contributed by atoms with Crippen molar-refractivity contribution in [3.8, 4) is 0 Å². The number of rotatable bonds is 8. The molecule has 2 aromatic heterocycles. The number of sulfonamides is 1. The minimum Gasteiger partial charge on any atom is -0.393 e. The summed E-state index contributed by atoms with van der Waals surface area (Å²) in [5, 5.41) is 16.5. The molecule has 4 N–H and O–H groups in total. The van der Waals surface area contributed by atoms with Gasteiger partial charge in [0.2, 0.25) is 5.95 Å². The van der Waals surface area contributed by atoms with Crippen molar-refractivity contribution in [1.29, 1.82) is 0 Å². The highest BCUT2D eigenvalue weighted by Gasteiger charge is 2.21. The van der Waals surface area contributed by atoms with Crippen LogP contribution in [0.2, 0.25) is 0 Å². The van der Waals surface area contributed by atoms with Gasteiger partial charge in [0.05, 0.1) is 17.3 Å². The van der Waals surface area contributed by atoms with Crippen LogP contribution in [0.1, 0.15) is 38.2 Å². The van der Waals surface area contributed by atoms with Crippen LogP contribution in [0.4, 0.5) is 23.1 Å². The van der Waals surface area contributed by atoms with Crippen LogP contribution in [0.25, 0.3) is 11.2 Å². The topological polar surface area (TPSA) is 134 Å². The lowest BCUT2D eigenvalue weighted by Gasteiger charge is -2.26. The van der Waals surface area contributed by atoms with E-state index < -0.39 is 10.0 Å². The molecule has 1 aliphatic carbocycles. The first kappa shape index (κ1) is 25.0. The number of benzene rings is 2. The van der Waals surface area contributed by atoms with Crippen molar-refractivity contribution >= 4 is 44.3 Å². The highest BCUT2D eigenvalue weighted by atomic mass is 32.2. The largest absolute Gasteiger partial charge is 0.393 e. The van der Waals surface area contributed by atoms with Gasteiger partial charge in [0.15, 0.2) is 17.0 Å². The summed E-state index contributed by atoms with van der Waals surface area (Å²) in [7, 11) is -3.73. The zero-order chi connectivity index (χ0) is 26.0. The number of aliphatic hydroxyl groups excluding tert-OH is 1. The number of hydrogen-bond acceptors (Lipinski definition) is 8. The third-order valence-corrected chi connectivity index (χ3v) is 7.93. The lowest BCUT2D eigenvalue weighted by atomic mass is 9.93. The summed E-state index contributed by atoms with van der Waals surface area (Å²) in [5.74, 6) is 1.03. The minimum absolute atomic E-state index is 0.157. The van der Waals surface area contributed by atoms with Gasteiger partial charge in [-0.15, -0.1) is 0 Å². The fourth-order valence-corrected chi connectivity index (χ4v) is 5.56. The van der Waals surface area contributed by atoms with Crippen molar-refractivity contribution in [3.63, 3.8) is 0 Å². The summed E-state index contributed by atoms with van der Waals surface area (Å²) >= 11 is 0. The van der Waals surface area contributed by atoms with Crippen LogP contribution < -0.4 is 15.4 Å². The van der Waals surface area contributed by atoms with E-state index in [1.165, 1.54) is 0 Å². The number of nitrogens with zero attached hydrogens (tertiary/aromatic N) is 4. The molecule has 2 heterocycles. The second kappa shape index (κ2) is 10.3. The molecule has 0 radical (unpaired) electrons. The third-order valence-electron chi connectivity index (χ3n) is 6.53. The first-order valence-electron chi connectivity index (χ1n) is 12.4. The molecule has 0 bridgehead atoms. The SMILES string of the molecule is CCn1cnc2c(Nc3ccc(S(=O)(=O)Nc4cccc(C)c4)cc3)nc(NC3CCC(O)CC3)nc21. The normalized spacial score (nSPS) is 18.0. The van der Waals surface area contributed by atoms with Crippen LogP contribution in [0, 0.1) is 6.92 Å². The maximum absolute atomic E-state index is 12.9. The second-order valence-corrected chi connectivity index (χ2v) is 11.1. The number of aryl methyl sites for hydroxylation is 2. The fourth-order valence-electron chi connectivity index (χ4n) is 4.51. The standard InChI is InChI=1S/C26H31N7O3S/c1-3-33-16-27-23-24(30-26(31-25(23)33)29-19-7-11-21(34)12-8-19)28-18-9-13-22(14-10-18)37(35,36)32-20-6-4-5-17(2)15-20/h4-6,9-10,13-16,19,21,32,34H,3,7-8,11-12H2,1-2H3,(H2,28,29,30,31). The van der Waals surface area contributed by atoms with Gasteiger partial charge in [0, 0.05) is 24.0 Å². The Kier molecular flexibility index (Phi) is 6.98. The first-order valence-corrected chi connectivity index (χ1v) is 13.9. The van der Waals surface area contributed by atoms with E-state index in [2.05, 4.69) is 25.3 Å². The van der Waals surface area contributed by atoms with Gasteiger partial charge < -0.3 is 20.3 Å². The molecule has 2 aromatic carbocycles. The van der Waals surface area contributed by atoms with Gasteiger partial charge in [-0.1, -0.05) is 12.1 Å². The molecule has 4 aromatic rings. The lowest BCUT2D eigenvalue weighted by molar-refractivity contribution is 0.126. The third kappa shape index (κ3) is 5.67. The molecular weight excluding hydrogens is 490 g/mol. The summed E-state index contributed by atoms with van der Waals surface area (Å²) in [5.41, 5.74) is 3.50. The Hall–Kier alpha value is -3.70. The zero-order valence-electron chi connectivity index (χ0n) is 20.8. The molecule has 5 rings (SSSR count). The van der Waals surface area contributed by atoms with Crippen molar-refractivity contribution in [2.75, 3.05) is 15.4 Å². The van der Waals surface area contributed by atoms with Crippen LogP contribution in [0.3, 0.4) is 0 Å². The molecule has 0 atom stereocenters. The summed E-state index contributed by atoms with van der Waals surface area (Å²) in [4.78, 5) is 14.1. The number of hydrogen-bond donors (Lipinski definition) is 4. The van der Waals surface area contributed by atoms with Crippen LogP contribution in [-0.4, -0.2) is 45.2 Å². The molecule has 0 unspecified atom stereocenters. The van der Waals surface area contributed by atoms with Gasteiger partial charge in [0.25, 0.3) is 10.0 Å². The summed E-state index contributed by atoms with van der Waals surface area (Å²) in [6, 6.07) is 13.9. The van der Waals surface area contributed by atoms with Gasteiger partial charge in [-0.2, -0.15) is 9.97 Å². The number of imidazole rings is 1. The molecule has 0 amide bonds. The highest BCUT2D eigenvalue weighted by Crippen LogP contribution is 2.27. The molecule has 0 aliphatic heterocycles. The van der Waals surface area contributed by atoms with Gasteiger partial charge >= 0.3 is 0 Å². The van der Waals surface area contributed by atoms with Gasteiger partial charge in [-0.3, -0.25) is 4.72 Å². The average molecular weight is 522 g/mol. The Morgan fingerprint density at radius 3 is 2.49 bits per heavy atom. The molecule has 1 saturated carbocycles. The lowest BCUT2D eigenvalue weighted by Crippen LogP contribution is -2.29. The zero-order valence-corrected chi connectivity index (χ0v) is 21.7. The fraction of sp³-hybridized carbons (Fsp3) is 0.346. The van der Waals surface area contributed by atoms with E-state index in [1.54, 1.807) is 42.7 Å². The quantitative estimate of drug-likeness (QED) is 0.268. The predicted octanol–water partition coefficient (Wildman–Crippen LogP) is 4.41. The molecule has 1 fully saturated rings. The van der Waals surface area contributed by atoms with E-state index in [0.717, 1.165) is 31.2 Å². The Bertz CT molecular complexity index is 1490. The van der Waals surface area contributed by atoms with Crippen LogP contribution in [-0.2, 0) is 16.6 Å². The first-order chi connectivity index (χ1) is 17.8. The molecular formula is C26H31N7O3S. The average Bonchev–Trinajstić information content (AvgIpc) is 3.29. The van der Waals surface area contributed by atoms with Gasteiger partial charge in [0.1, 0.15) is 0 Å².